The summed E-state index contributed by atoms with van der Waals surface area (Å²) >= 11 is 0. The van der Waals surface area contributed by atoms with Gasteiger partial charge in [0.05, 0.1) is 11.4 Å². The predicted octanol–water partition coefficient (Wildman–Crippen LogP) is 2.63. The van der Waals surface area contributed by atoms with Gasteiger partial charge in [0.25, 0.3) is 0 Å². The summed E-state index contributed by atoms with van der Waals surface area (Å²) in [6.07, 6.45) is 3.45. The first-order chi connectivity index (χ1) is 11.5. The molecule has 7 heteroatoms. The van der Waals surface area contributed by atoms with Crippen LogP contribution in [0.2, 0.25) is 0 Å². The van der Waals surface area contributed by atoms with E-state index in [9.17, 15) is 12.8 Å². The Morgan fingerprint density at radius 1 is 1.08 bits per heavy atom. The molecule has 24 heavy (non-hydrogen) atoms. The van der Waals surface area contributed by atoms with Crippen LogP contribution in [0.1, 0.15) is 11.1 Å². The first-order valence-electron chi connectivity index (χ1n) is 7.33. The quantitative estimate of drug-likeness (QED) is 0.747. The second-order valence-corrected chi connectivity index (χ2v) is 7.10. The molecule has 0 spiro atoms. The lowest BCUT2D eigenvalue weighted by atomic mass is 10.2. The molecule has 0 bridgehead atoms. The third kappa shape index (κ3) is 4.06. The average Bonchev–Trinajstić information content (AvgIpc) is 3.07. The van der Waals surface area contributed by atoms with Gasteiger partial charge in [0.2, 0.25) is 10.0 Å². The van der Waals surface area contributed by atoms with E-state index in [0.29, 0.717) is 5.56 Å². The van der Waals surface area contributed by atoms with Crippen LogP contribution >= 0.6 is 0 Å². The molecule has 0 radical (unpaired) electrons. The van der Waals surface area contributed by atoms with Gasteiger partial charge in [-0.05, 0) is 35.4 Å². The fourth-order valence-corrected chi connectivity index (χ4v) is 3.48. The van der Waals surface area contributed by atoms with Crippen molar-refractivity contribution >= 4 is 10.0 Å². The average molecular weight is 345 g/mol. The molecule has 0 saturated carbocycles. The van der Waals surface area contributed by atoms with E-state index in [0.717, 1.165) is 11.3 Å². The number of nitrogens with zero attached hydrogens (tertiary/aromatic N) is 2. The van der Waals surface area contributed by atoms with Gasteiger partial charge in [-0.1, -0.05) is 30.3 Å². The van der Waals surface area contributed by atoms with Gasteiger partial charge in [0, 0.05) is 18.9 Å². The fourth-order valence-electron chi connectivity index (χ4n) is 2.38. The summed E-state index contributed by atoms with van der Waals surface area (Å²) in [5.74, 6) is -0.721. The van der Waals surface area contributed by atoms with Crippen LogP contribution in [0.4, 0.5) is 4.39 Å². The summed E-state index contributed by atoms with van der Waals surface area (Å²) in [6.45, 7) is 0.133. The van der Waals surface area contributed by atoms with Crippen LogP contribution in [-0.4, -0.2) is 18.2 Å². The highest BCUT2D eigenvalue weighted by Gasteiger charge is 2.13. The Morgan fingerprint density at radius 3 is 2.67 bits per heavy atom. The van der Waals surface area contributed by atoms with Crippen LogP contribution in [-0.2, 0) is 22.3 Å². The largest absolute Gasteiger partial charge is 0.241 e. The molecule has 0 fully saturated rings. The smallest absolute Gasteiger partial charge is 0.216 e. The summed E-state index contributed by atoms with van der Waals surface area (Å²) < 4.78 is 41.9. The zero-order chi connectivity index (χ0) is 17.0. The molecule has 1 N–H and O–H groups in total. The van der Waals surface area contributed by atoms with Crippen molar-refractivity contribution in [3.63, 3.8) is 0 Å². The second-order valence-electron chi connectivity index (χ2n) is 5.29. The summed E-state index contributed by atoms with van der Waals surface area (Å²) in [5, 5.41) is 4.17. The zero-order valence-electron chi connectivity index (χ0n) is 12.8. The van der Waals surface area contributed by atoms with E-state index in [1.54, 1.807) is 29.2 Å². The number of hydrogen-bond acceptors (Lipinski definition) is 3. The number of aromatic nitrogens is 2. The van der Waals surface area contributed by atoms with Gasteiger partial charge in [-0.25, -0.2) is 22.2 Å². The van der Waals surface area contributed by atoms with Crippen LogP contribution in [0.15, 0.2) is 67.0 Å². The molecule has 0 amide bonds. The minimum Gasteiger partial charge on any atom is -0.241 e. The molecule has 0 aliphatic rings. The van der Waals surface area contributed by atoms with Gasteiger partial charge in [-0.15, -0.1) is 0 Å². The maximum atomic E-state index is 13.2. The van der Waals surface area contributed by atoms with Crippen molar-refractivity contribution in [1.82, 2.24) is 14.5 Å². The first kappa shape index (κ1) is 16.4. The molecule has 0 aliphatic carbocycles. The van der Waals surface area contributed by atoms with Crippen molar-refractivity contribution in [2.45, 2.75) is 12.3 Å². The molecule has 5 nitrogen and oxygen atoms in total. The molecular formula is C17H16FN3O2S. The SMILES string of the molecule is O=S(=O)(Cc1cccc(F)c1)NCc1ccccc1-n1cccn1. The van der Waals surface area contributed by atoms with Crippen LogP contribution in [0.25, 0.3) is 5.69 Å². The van der Waals surface area contributed by atoms with E-state index in [4.69, 9.17) is 0 Å². The third-order valence-electron chi connectivity index (χ3n) is 3.47. The minimum absolute atomic E-state index is 0.133. The Hall–Kier alpha value is -2.51. The molecule has 124 valence electrons. The molecule has 0 atom stereocenters. The lowest BCUT2D eigenvalue weighted by Crippen LogP contribution is -2.25. The van der Waals surface area contributed by atoms with Crippen molar-refractivity contribution in [3.8, 4) is 5.69 Å². The Balaban J connectivity index is 1.74. The standard InChI is InChI=1S/C17H16FN3O2S/c18-16-7-3-5-14(11-16)13-24(22,23)20-12-15-6-1-2-8-17(15)21-10-4-9-19-21/h1-11,20H,12-13H2. The number of rotatable bonds is 6. The number of hydrogen-bond donors (Lipinski definition) is 1. The summed E-state index contributed by atoms with van der Waals surface area (Å²) in [7, 11) is -3.58. The number of sulfonamides is 1. The molecule has 0 aliphatic heterocycles. The second kappa shape index (κ2) is 6.94. The Morgan fingerprint density at radius 2 is 1.92 bits per heavy atom. The van der Waals surface area contributed by atoms with Crippen molar-refractivity contribution in [1.29, 1.82) is 0 Å². The van der Waals surface area contributed by atoms with Crippen molar-refractivity contribution in [3.05, 3.63) is 83.9 Å². The summed E-state index contributed by atoms with van der Waals surface area (Å²) in [6, 6.07) is 14.8. The number of para-hydroxylation sites is 1. The summed E-state index contributed by atoms with van der Waals surface area (Å²) in [5.41, 5.74) is 2.00. The lowest BCUT2D eigenvalue weighted by Gasteiger charge is -2.11. The molecule has 0 saturated heterocycles. The monoisotopic (exact) mass is 345 g/mol. The Bertz CT molecular complexity index is 925. The topological polar surface area (TPSA) is 64.0 Å². The van der Waals surface area contributed by atoms with E-state index in [2.05, 4.69) is 9.82 Å². The third-order valence-corrected chi connectivity index (χ3v) is 4.77. The van der Waals surface area contributed by atoms with Crippen molar-refractivity contribution < 1.29 is 12.8 Å². The van der Waals surface area contributed by atoms with Crippen LogP contribution in [0, 0.1) is 5.82 Å². The van der Waals surface area contributed by atoms with Crippen LogP contribution in [0.3, 0.4) is 0 Å². The Kier molecular flexibility index (Phi) is 4.73. The molecular weight excluding hydrogens is 329 g/mol. The molecule has 1 aromatic heterocycles. The first-order valence-corrected chi connectivity index (χ1v) is 8.98. The highest BCUT2D eigenvalue weighted by molar-refractivity contribution is 7.88. The molecule has 2 aromatic carbocycles. The van der Waals surface area contributed by atoms with Gasteiger partial charge in [0.15, 0.2) is 0 Å². The highest BCUT2D eigenvalue weighted by atomic mass is 32.2. The van der Waals surface area contributed by atoms with E-state index in [1.165, 1.54) is 18.2 Å². The molecule has 1 heterocycles. The zero-order valence-corrected chi connectivity index (χ0v) is 13.6. The fraction of sp³-hybridized carbons (Fsp3) is 0.118. The van der Waals surface area contributed by atoms with Crippen molar-refractivity contribution in [2.24, 2.45) is 0 Å². The maximum Gasteiger partial charge on any atom is 0.216 e. The highest BCUT2D eigenvalue weighted by Crippen LogP contribution is 2.14. The van der Waals surface area contributed by atoms with Crippen molar-refractivity contribution in [2.75, 3.05) is 0 Å². The molecule has 3 rings (SSSR count). The van der Waals surface area contributed by atoms with E-state index in [-0.39, 0.29) is 12.3 Å². The Labute approximate surface area is 139 Å². The van der Waals surface area contributed by atoms with Crippen LogP contribution in [0.5, 0.6) is 0 Å². The minimum atomic E-state index is -3.58. The maximum absolute atomic E-state index is 13.2. The number of halogens is 1. The molecule has 0 unspecified atom stereocenters. The van der Waals surface area contributed by atoms with Gasteiger partial charge < -0.3 is 0 Å². The van der Waals surface area contributed by atoms with Gasteiger partial charge in [0.1, 0.15) is 5.82 Å². The lowest BCUT2D eigenvalue weighted by molar-refractivity contribution is 0.579. The number of nitrogens with one attached hydrogen (secondary N) is 1. The van der Waals surface area contributed by atoms with E-state index in [1.807, 2.05) is 24.3 Å². The van der Waals surface area contributed by atoms with Gasteiger partial charge >= 0.3 is 0 Å². The van der Waals surface area contributed by atoms with E-state index < -0.39 is 15.8 Å². The molecule has 3 aromatic rings. The van der Waals surface area contributed by atoms with E-state index >= 15 is 0 Å². The summed E-state index contributed by atoms with van der Waals surface area (Å²) in [4.78, 5) is 0. The predicted molar refractivity (Wildman–Crippen MR) is 89.4 cm³/mol. The van der Waals surface area contributed by atoms with Crippen LogP contribution < -0.4 is 4.72 Å². The number of benzene rings is 2. The van der Waals surface area contributed by atoms with Gasteiger partial charge in [-0.2, -0.15) is 5.10 Å². The van der Waals surface area contributed by atoms with Gasteiger partial charge in [-0.3, -0.25) is 0 Å². The normalized spacial score (nSPS) is 11.5.